The van der Waals surface area contributed by atoms with Crippen LogP contribution in [0.4, 0.5) is 10.5 Å². The number of amides is 2. The molecule has 0 unspecified atom stereocenters. The summed E-state index contributed by atoms with van der Waals surface area (Å²) in [5.41, 5.74) is 8.98. The molecule has 0 saturated heterocycles. The van der Waals surface area contributed by atoms with Gasteiger partial charge in [0.25, 0.3) is 0 Å². The third-order valence-electron chi connectivity index (χ3n) is 5.53. The summed E-state index contributed by atoms with van der Waals surface area (Å²) in [6.07, 6.45) is 9.35. The lowest BCUT2D eigenvalue weighted by Crippen LogP contribution is -2.44. The number of carbonyl (C=O) groups excluding carboxylic acids is 3. The standard InChI is InChI=1S/C28H34N4O4/c1-20(33)23-15-17-32(18-16-23)25-13-12-24(29-19-25)11-9-21-5-7-22(8-6-21)10-14-26(34)30-31-27(35)36-28(2,3)4/h5-8,12-13,15-17,19H,9-11,14,18H2,1-4H3,(H,30,34)(H,31,35). The maximum Gasteiger partial charge on any atom is 0.426 e. The van der Waals surface area contributed by atoms with E-state index in [0.717, 1.165) is 35.4 Å². The minimum atomic E-state index is -0.687. The summed E-state index contributed by atoms with van der Waals surface area (Å²) < 4.78 is 5.08. The number of aryl methyl sites for hydroxylation is 3. The molecule has 0 bridgehead atoms. The molecule has 0 radical (unpaired) electrons. The zero-order valence-corrected chi connectivity index (χ0v) is 21.3. The lowest BCUT2D eigenvalue weighted by atomic mass is 10.0. The van der Waals surface area contributed by atoms with Gasteiger partial charge in [0.05, 0.1) is 11.9 Å². The van der Waals surface area contributed by atoms with Crippen LogP contribution in [-0.2, 0) is 33.6 Å². The number of allylic oxidation sites excluding steroid dienone is 2. The molecular weight excluding hydrogens is 456 g/mol. The molecule has 8 nitrogen and oxygen atoms in total. The van der Waals surface area contributed by atoms with Crippen LogP contribution in [0.5, 0.6) is 0 Å². The van der Waals surface area contributed by atoms with Crippen LogP contribution in [0.3, 0.4) is 0 Å². The second-order valence-electron chi connectivity index (χ2n) is 9.68. The Hall–Kier alpha value is -3.94. The number of ketones is 1. The maximum absolute atomic E-state index is 12.0. The SMILES string of the molecule is CC(=O)C1=CCN(c2ccc(CCc3ccc(CCC(=O)NNC(=O)OC(C)(C)C)cc3)nc2)C=C1. The molecule has 3 rings (SSSR count). The Morgan fingerprint density at radius 2 is 1.67 bits per heavy atom. The van der Waals surface area contributed by atoms with E-state index >= 15 is 0 Å². The van der Waals surface area contributed by atoms with Crippen molar-refractivity contribution in [2.45, 2.75) is 59.0 Å². The van der Waals surface area contributed by atoms with E-state index in [9.17, 15) is 14.4 Å². The number of anilines is 1. The third kappa shape index (κ3) is 8.69. The number of Topliss-reactive ketones (excluding diaryl/α,β-unsaturated/α-hetero) is 1. The number of carbonyl (C=O) groups is 3. The van der Waals surface area contributed by atoms with E-state index < -0.39 is 11.7 Å². The number of hydrogen-bond donors (Lipinski definition) is 2. The Morgan fingerprint density at radius 1 is 0.972 bits per heavy atom. The average Bonchev–Trinajstić information content (AvgIpc) is 2.85. The molecule has 0 spiro atoms. The first-order chi connectivity index (χ1) is 17.1. The second-order valence-corrected chi connectivity index (χ2v) is 9.68. The van der Waals surface area contributed by atoms with Gasteiger partial charge in [0.15, 0.2) is 5.78 Å². The number of pyridine rings is 1. The zero-order valence-electron chi connectivity index (χ0n) is 21.3. The number of ether oxygens (including phenoxy) is 1. The molecule has 0 aliphatic carbocycles. The van der Waals surface area contributed by atoms with E-state index in [4.69, 9.17) is 4.74 Å². The molecule has 2 aromatic rings. The monoisotopic (exact) mass is 490 g/mol. The number of rotatable bonds is 8. The van der Waals surface area contributed by atoms with E-state index in [0.29, 0.717) is 13.0 Å². The van der Waals surface area contributed by atoms with Crippen LogP contribution in [0.2, 0.25) is 0 Å². The third-order valence-corrected chi connectivity index (χ3v) is 5.53. The van der Waals surface area contributed by atoms with Crippen molar-refractivity contribution in [2.24, 2.45) is 0 Å². The highest BCUT2D eigenvalue weighted by Crippen LogP contribution is 2.19. The van der Waals surface area contributed by atoms with Gasteiger partial charge in [0.1, 0.15) is 5.60 Å². The molecule has 2 amide bonds. The van der Waals surface area contributed by atoms with Crippen molar-refractivity contribution in [1.82, 2.24) is 15.8 Å². The normalized spacial score (nSPS) is 13.1. The van der Waals surface area contributed by atoms with Crippen LogP contribution in [-0.4, -0.2) is 34.9 Å². The summed E-state index contributed by atoms with van der Waals surface area (Å²) in [5.74, 6) is -0.208. The average molecular weight is 491 g/mol. The molecule has 0 fully saturated rings. The molecule has 8 heteroatoms. The van der Waals surface area contributed by atoms with Crippen molar-refractivity contribution < 1.29 is 19.1 Å². The van der Waals surface area contributed by atoms with Gasteiger partial charge in [-0.15, -0.1) is 0 Å². The minimum absolute atomic E-state index is 0.0745. The Balaban J connectivity index is 1.39. The largest absolute Gasteiger partial charge is 0.443 e. The zero-order chi connectivity index (χ0) is 26.1. The van der Waals surface area contributed by atoms with Crippen molar-refractivity contribution in [1.29, 1.82) is 0 Å². The quantitative estimate of drug-likeness (QED) is 0.538. The van der Waals surface area contributed by atoms with Crippen molar-refractivity contribution in [3.8, 4) is 0 Å². The first-order valence-corrected chi connectivity index (χ1v) is 12.1. The van der Waals surface area contributed by atoms with Crippen LogP contribution >= 0.6 is 0 Å². The van der Waals surface area contributed by atoms with E-state index in [1.165, 1.54) is 5.56 Å². The van der Waals surface area contributed by atoms with Crippen molar-refractivity contribution in [3.05, 3.63) is 83.3 Å². The number of hydrogen-bond acceptors (Lipinski definition) is 6. The second kappa shape index (κ2) is 12.2. The van der Waals surface area contributed by atoms with Gasteiger partial charge in [-0.05, 0) is 76.3 Å². The van der Waals surface area contributed by atoms with Crippen LogP contribution in [0.15, 0.2) is 66.5 Å². The van der Waals surface area contributed by atoms with E-state index in [-0.39, 0.29) is 18.1 Å². The highest BCUT2D eigenvalue weighted by atomic mass is 16.6. The van der Waals surface area contributed by atoms with Crippen molar-refractivity contribution >= 4 is 23.5 Å². The smallest absolute Gasteiger partial charge is 0.426 e. The van der Waals surface area contributed by atoms with E-state index in [2.05, 4.69) is 32.9 Å². The van der Waals surface area contributed by atoms with Crippen molar-refractivity contribution in [3.63, 3.8) is 0 Å². The summed E-state index contributed by atoms with van der Waals surface area (Å²) >= 11 is 0. The predicted molar refractivity (Wildman–Crippen MR) is 139 cm³/mol. The first kappa shape index (κ1) is 26.7. The topological polar surface area (TPSA) is 101 Å². The molecule has 2 heterocycles. The van der Waals surface area contributed by atoms with Crippen LogP contribution in [0.1, 0.15) is 50.9 Å². The number of nitrogens with one attached hydrogen (secondary N) is 2. The lowest BCUT2D eigenvalue weighted by Gasteiger charge is -2.22. The number of nitrogens with zero attached hydrogens (tertiary/aromatic N) is 2. The summed E-state index contributed by atoms with van der Waals surface area (Å²) in [5, 5.41) is 0. The molecule has 190 valence electrons. The molecule has 1 aliphatic rings. The van der Waals surface area contributed by atoms with Crippen molar-refractivity contribution in [2.75, 3.05) is 11.4 Å². The molecule has 0 atom stereocenters. The minimum Gasteiger partial charge on any atom is -0.443 e. The Morgan fingerprint density at radius 3 is 2.22 bits per heavy atom. The van der Waals surface area contributed by atoms with Gasteiger partial charge in [-0.3, -0.25) is 20.0 Å². The van der Waals surface area contributed by atoms with Gasteiger partial charge in [0.2, 0.25) is 5.91 Å². The Kier molecular flexibility index (Phi) is 9.00. The highest BCUT2D eigenvalue weighted by molar-refractivity contribution is 5.96. The number of hydrazine groups is 1. The van der Waals surface area contributed by atoms with Gasteiger partial charge in [0, 0.05) is 30.4 Å². The van der Waals surface area contributed by atoms with Gasteiger partial charge in [-0.2, -0.15) is 0 Å². The Labute approximate surface area is 212 Å². The fourth-order valence-electron chi connectivity index (χ4n) is 3.57. The van der Waals surface area contributed by atoms with Crippen LogP contribution < -0.4 is 15.8 Å². The predicted octanol–water partition coefficient (Wildman–Crippen LogP) is 4.20. The molecule has 36 heavy (non-hydrogen) atoms. The maximum atomic E-state index is 12.0. The lowest BCUT2D eigenvalue weighted by molar-refractivity contribution is -0.122. The molecule has 1 aromatic heterocycles. The van der Waals surface area contributed by atoms with Gasteiger partial charge >= 0.3 is 6.09 Å². The summed E-state index contributed by atoms with van der Waals surface area (Å²) in [6, 6.07) is 12.3. The van der Waals surface area contributed by atoms with Gasteiger partial charge < -0.3 is 9.64 Å². The molecule has 1 aliphatic heterocycles. The fraction of sp³-hybridized carbons (Fsp3) is 0.357. The summed E-state index contributed by atoms with van der Waals surface area (Å²) in [6.45, 7) is 7.49. The van der Waals surface area contributed by atoms with Gasteiger partial charge in [-0.1, -0.05) is 30.3 Å². The highest BCUT2D eigenvalue weighted by Gasteiger charge is 2.16. The molecule has 1 aromatic carbocycles. The van der Waals surface area contributed by atoms with Crippen LogP contribution in [0, 0.1) is 0 Å². The molecular formula is C28H34N4O4. The molecule has 2 N–H and O–H groups in total. The Bertz CT molecular complexity index is 1130. The van der Waals surface area contributed by atoms with E-state index in [1.807, 2.05) is 48.8 Å². The van der Waals surface area contributed by atoms with E-state index in [1.54, 1.807) is 27.7 Å². The fourth-order valence-corrected chi connectivity index (χ4v) is 3.57. The first-order valence-electron chi connectivity index (χ1n) is 12.1. The summed E-state index contributed by atoms with van der Waals surface area (Å²) in [4.78, 5) is 41.7. The summed E-state index contributed by atoms with van der Waals surface area (Å²) in [7, 11) is 0. The van der Waals surface area contributed by atoms with Crippen LogP contribution in [0.25, 0.3) is 0 Å². The van der Waals surface area contributed by atoms with Gasteiger partial charge in [-0.25, -0.2) is 10.2 Å². The number of benzene rings is 1. The molecule has 0 saturated carbocycles. The number of aromatic nitrogens is 1.